The van der Waals surface area contributed by atoms with E-state index in [1.165, 1.54) is 0 Å². The van der Waals surface area contributed by atoms with Gasteiger partial charge in [-0.15, -0.1) is 24.0 Å². The highest BCUT2D eigenvalue weighted by atomic mass is 127. The highest BCUT2D eigenvalue weighted by molar-refractivity contribution is 14.0. The second-order valence-corrected chi connectivity index (χ2v) is 8.23. The quantitative estimate of drug-likeness (QED) is 0.285. The fraction of sp³-hybridized carbons (Fsp3) is 0.478. The Morgan fingerprint density at radius 2 is 2.09 bits per heavy atom. The molecule has 1 aromatic heterocycles. The molecule has 2 heterocycles. The van der Waals surface area contributed by atoms with E-state index in [0.29, 0.717) is 11.6 Å². The van der Waals surface area contributed by atoms with E-state index in [0.717, 1.165) is 49.1 Å². The number of nitrogens with zero attached hydrogens (tertiary/aromatic N) is 4. The number of ether oxygens (including phenoxy) is 1. The van der Waals surface area contributed by atoms with Crippen molar-refractivity contribution in [2.45, 2.75) is 25.4 Å². The Hall–Kier alpha value is -1.78. The molecule has 2 atom stereocenters. The number of aliphatic imine (C=N–C) groups is 1. The summed E-state index contributed by atoms with van der Waals surface area (Å²) in [7, 11) is 5.84. The van der Waals surface area contributed by atoms with Crippen LogP contribution in [-0.2, 0) is 0 Å². The van der Waals surface area contributed by atoms with Crippen LogP contribution in [-0.4, -0.2) is 69.3 Å². The van der Waals surface area contributed by atoms with Gasteiger partial charge in [0.15, 0.2) is 5.96 Å². The third-order valence-electron chi connectivity index (χ3n) is 5.46. The van der Waals surface area contributed by atoms with Crippen LogP contribution >= 0.6 is 35.6 Å². The largest absolute Gasteiger partial charge is 0.496 e. The molecule has 1 saturated heterocycles. The fourth-order valence-electron chi connectivity index (χ4n) is 3.85. The fourth-order valence-corrected chi connectivity index (χ4v) is 4.09. The third kappa shape index (κ3) is 6.86. The Balaban J connectivity index is 0.00000363. The average molecular weight is 573 g/mol. The monoisotopic (exact) mass is 572 g/mol. The molecule has 176 valence electrons. The predicted octanol–water partition coefficient (Wildman–Crippen LogP) is 3.80. The van der Waals surface area contributed by atoms with Crippen LogP contribution in [0.1, 0.15) is 24.9 Å². The van der Waals surface area contributed by atoms with Crippen LogP contribution in [0.25, 0.3) is 0 Å². The molecule has 0 spiro atoms. The van der Waals surface area contributed by atoms with Gasteiger partial charge in [0.05, 0.1) is 24.7 Å². The van der Waals surface area contributed by atoms with Crippen LogP contribution < -0.4 is 20.3 Å². The normalized spacial score (nSPS) is 17.1. The lowest BCUT2D eigenvalue weighted by Crippen LogP contribution is -2.45. The molecule has 1 aliphatic heterocycles. The zero-order valence-electron chi connectivity index (χ0n) is 19.2. The van der Waals surface area contributed by atoms with E-state index >= 15 is 0 Å². The summed E-state index contributed by atoms with van der Waals surface area (Å²) < 4.78 is 5.57. The van der Waals surface area contributed by atoms with Crippen LogP contribution in [0.5, 0.6) is 5.75 Å². The maximum Gasteiger partial charge on any atom is 0.191 e. The minimum Gasteiger partial charge on any atom is -0.496 e. The van der Waals surface area contributed by atoms with Crippen LogP contribution in [0.3, 0.4) is 0 Å². The molecule has 32 heavy (non-hydrogen) atoms. The van der Waals surface area contributed by atoms with E-state index in [2.05, 4.69) is 52.5 Å². The van der Waals surface area contributed by atoms with E-state index in [9.17, 15) is 0 Å². The molecule has 2 aromatic rings. The number of hydrogen-bond donors (Lipinski definition) is 2. The standard InChI is InChI=1S/C23H33ClN6O.HI/c1-5-25-23(27-15-20(29(2)3)18-9-6-7-11-21(18)31-4)28-17-12-14-30(16-17)22-19(24)10-8-13-26-22;/h6-11,13,17,20H,5,12,14-16H2,1-4H3,(H2,25,27,28);1H. The lowest BCUT2D eigenvalue weighted by Gasteiger charge is -2.26. The van der Waals surface area contributed by atoms with Crippen molar-refractivity contribution in [3.8, 4) is 5.75 Å². The van der Waals surface area contributed by atoms with Crippen LogP contribution in [0, 0.1) is 0 Å². The number of methoxy groups -OCH3 is 1. The molecular weight excluding hydrogens is 539 g/mol. The number of nitrogens with one attached hydrogen (secondary N) is 2. The van der Waals surface area contributed by atoms with Gasteiger partial charge in [0, 0.05) is 37.4 Å². The van der Waals surface area contributed by atoms with E-state index in [4.69, 9.17) is 21.3 Å². The molecule has 1 aliphatic rings. The molecule has 0 amide bonds. The zero-order valence-corrected chi connectivity index (χ0v) is 22.3. The van der Waals surface area contributed by atoms with Gasteiger partial charge in [-0.25, -0.2) is 4.98 Å². The smallest absolute Gasteiger partial charge is 0.191 e. The lowest BCUT2D eigenvalue weighted by atomic mass is 10.0. The summed E-state index contributed by atoms with van der Waals surface area (Å²) in [6.45, 7) is 5.25. The van der Waals surface area contributed by atoms with Crippen molar-refractivity contribution in [3.63, 3.8) is 0 Å². The van der Waals surface area contributed by atoms with Crippen LogP contribution in [0.4, 0.5) is 5.82 Å². The third-order valence-corrected chi connectivity index (χ3v) is 5.75. The Morgan fingerprint density at radius 3 is 2.78 bits per heavy atom. The molecule has 7 nitrogen and oxygen atoms in total. The number of guanidine groups is 1. The van der Waals surface area contributed by atoms with Gasteiger partial charge >= 0.3 is 0 Å². The van der Waals surface area contributed by atoms with Gasteiger partial charge in [-0.1, -0.05) is 29.8 Å². The van der Waals surface area contributed by atoms with E-state index in [1.54, 1.807) is 13.3 Å². The topological polar surface area (TPSA) is 65.0 Å². The first kappa shape index (κ1) is 26.5. The molecule has 2 unspecified atom stereocenters. The van der Waals surface area contributed by atoms with E-state index < -0.39 is 0 Å². The molecule has 0 aliphatic carbocycles. The number of anilines is 1. The molecule has 0 bridgehead atoms. The summed E-state index contributed by atoms with van der Waals surface area (Å²) >= 11 is 6.33. The van der Waals surface area contributed by atoms with Gasteiger partial charge in [-0.3, -0.25) is 4.99 Å². The summed E-state index contributed by atoms with van der Waals surface area (Å²) in [5.41, 5.74) is 1.13. The van der Waals surface area contributed by atoms with Gasteiger partial charge in [-0.05, 0) is 45.6 Å². The first-order valence-corrected chi connectivity index (χ1v) is 11.1. The summed E-state index contributed by atoms with van der Waals surface area (Å²) in [4.78, 5) is 13.7. The minimum absolute atomic E-state index is 0. The molecular formula is C23H34ClIN6O. The second kappa shape index (κ2) is 13.1. The number of likely N-dealkylation sites (N-methyl/N-ethyl adjacent to an activating group) is 1. The van der Waals surface area contributed by atoms with Gasteiger partial charge in [0.1, 0.15) is 11.6 Å². The van der Waals surface area contributed by atoms with Gasteiger partial charge in [0.2, 0.25) is 0 Å². The molecule has 1 fully saturated rings. The first-order chi connectivity index (χ1) is 15.0. The summed E-state index contributed by atoms with van der Waals surface area (Å²) in [6.07, 6.45) is 2.79. The predicted molar refractivity (Wildman–Crippen MR) is 144 cm³/mol. The SMILES string of the molecule is CCNC(=NCC(c1ccccc1OC)N(C)C)NC1CCN(c2ncccc2Cl)C1.I. The number of halogens is 2. The van der Waals surface area contributed by atoms with Crippen LogP contribution in [0.2, 0.25) is 5.02 Å². The number of benzene rings is 1. The van der Waals surface area contributed by atoms with Gasteiger partial charge in [0.25, 0.3) is 0 Å². The summed E-state index contributed by atoms with van der Waals surface area (Å²) in [6, 6.07) is 12.3. The molecule has 0 saturated carbocycles. The van der Waals surface area contributed by atoms with E-state index in [-0.39, 0.29) is 36.1 Å². The Bertz CT molecular complexity index is 881. The average Bonchev–Trinajstić information content (AvgIpc) is 3.22. The number of rotatable bonds is 8. The summed E-state index contributed by atoms with van der Waals surface area (Å²) in [5.74, 6) is 2.55. The van der Waals surface area contributed by atoms with Crippen molar-refractivity contribution >= 4 is 47.4 Å². The number of para-hydroxylation sites is 1. The summed E-state index contributed by atoms with van der Waals surface area (Å²) in [5, 5.41) is 7.65. The lowest BCUT2D eigenvalue weighted by molar-refractivity contribution is 0.295. The minimum atomic E-state index is 0. The van der Waals surface area contributed by atoms with Crippen LogP contribution in [0.15, 0.2) is 47.6 Å². The molecule has 9 heteroatoms. The molecule has 0 radical (unpaired) electrons. The highest BCUT2D eigenvalue weighted by Crippen LogP contribution is 2.28. The van der Waals surface area contributed by atoms with Crippen molar-refractivity contribution < 1.29 is 4.74 Å². The number of hydrogen-bond acceptors (Lipinski definition) is 5. The van der Waals surface area contributed by atoms with Crippen molar-refractivity contribution in [1.29, 1.82) is 0 Å². The highest BCUT2D eigenvalue weighted by Gasteiger charge is 2.26. The first-order valence-electron chi connectivity index (χ1n) is 10.7. The number of aromatic nitrogens is 1. The van der Waals surface area contributed by atoms with Crippen molar-refractivity contribution in [3.05, 3.63) is 53.2 Å². The van der Waals surface area contributed by atoms with Gasteiger partial charge in [-0.2, -0.15) is 0 Å². The Labute approximate surface area is 213 Å². The molecule has 2 N–H and O–H groups in total. The van der Waals surface area contributed by atoms with Gasteiger partial charge < -0.3 is 25.2 Å². The Morgan fingerprint density at radius 1 is 1.31 bits per heavy atom. The number of pyridine rings is 1. The zero-order chi connectivity index (χ0) is 22.2. The Kier molecular flexibility index (Phi) is 10.8. The maximum absolute atomic E-state index is 6.33. The molecule has 1 aromatic carbocycles. The van der Waals surface area contributed by atoms with E-state index in [1.807, 2.05) is 30.3 Å². The maximum atomic E-state index is 6.33. The second-order valence-electron chi connectivity index (χ2n) is 7.83. The van der Waals surface area contributed by atoms with Crippen molar-refractivity contribution in [1.82, 2.24) is 20.5 Å². The van der Waals surface area contributed by atoms with Crippen molar-refractivity contribution in [2.24, 2.45) is 4.99 Å². The molecule has 3 rings (SSSR count). The van der Waals surface area contributed by atoms with Crippen molar-refractivity contribution in [2.75, 3.05) is 52.3 Å².